The Morgan fingerprint density at radius 1 is 1.12 bits per heavy atom. The van der Waals surface area contributed by atoms with Crippen molar-refractivity contribution >= 4 is 23.2 Å². The van der Waals surface area contributed by atoms with Gasteiger partial charge in [0.15, 0.2) is 0 Å². The lowest BCUT2D eigenvalue weighted by atomic mass is 10.1. The summed E-state index contributed by atoms with van der Waals surface area (Å²) in [5, 5.41) is 11.6. The number of carbonyl (C=O) groups excluding carboxylic acids is 2. The number of amides is 2. The molecule has 2 aromatic carbocycles. The Hall–Kier alpha value is -3.13. The van der Waals surface area contributed by atoms with Crippen LogP contribution in [0.5, 0.6) is 0 Å². The molecule has 0 heterocycles. The van der Waals surface area contributed by atoms with Crippen molar-refractivity contribution in [2.24, 2.45) is 0 Å². The van der Waals surface area contributed by atoms with Gasteiger partial charge in [0.25, 0.3) is 0 Å². The zero-order valence-corrected chi connectivity index (χ0v) is 14.5. The van der Waals surface area contributed by atoms with Crippen molar-refractivity contribution in [3.63, 3.8) is 0 Å². The first-order valence-electron chi connectivity index (χ1n) is 8.21. The molecule has 0 radical (unpaired) electrons. The summed E-state index contributed by atoms with van der Waals surface area (Å²) < 4.78 is 0. The highest BCUT2D eigenvalue weighted by Crippen LogP contribution is 2.21. The molecule has 2 amide bonds. The van der Waals surface area contributed by atoms with E-state index in [0.29, 0.717) is 17.8 Å². The van der Waals surface area contributed by atoms with Crippen molar-refractivity contribution < 1.29 is 9.59 Å². The van der Waals surface area contributed by atoms with Gasteiger partial charge in [-0.25, -0.2) is 0 Å². The molecule has 0 bridgehead atoms. The van der Waals surface area contributed by atoms with Gasteiger partial charge in [-0.05, 0) is 42.3 Å². The molecular formula is C20H21N3O2. The van der Waals surface area contributed by atoms with Gasteiger partial charge in [-0.1, -0.05) is 25.1 Å². The van der Waals surface area contributed by atoms with Crippen LogP contribution in [0.15, 0.2) is 48.5 Å². The van der Waals surface area contributed by atoms with Crippen molar-refractivity contribution in [2.45, 2.75) is 26.7 Å². The Morgan fingerprint density at radius 3 is 2.40 bits per heavy atom. The summed E-state index contributed by atoms with van der Waals surface area (Å²) in [5.74, 6) is -0.267. The Kier molecular flexibility index (Phi) is 6.30. The van der Waals surface area contributed by atoms with E-state index in [1.165, 1.54) is 6.92 Å². The zero-order valence-electron chi connectivity index (χ0n) is 14.5. The number of hydrogen-bond donors (Lipinski definition) is 1. The lowest BCUT2D eigenvalue weighted by molar-refractivity contribution is -0.117. The monoisotopic (exact) mass is 335 g/mol. The summed E-state index contributed by atoms with van der Waals surface area (Å²) >= 11 is 0. The van der Waals surface area contributed by atoms with Crippen LogP contribution in [0.4, 0.5) is 11.4 Å². The van der Waals surface area contributed by atoms with Crippen LogP contribution < -0.4 is 10.2 Å². The Balaban J connectivity index is 2.02. The molecule has 0 aliphatic rings. The molecule has 0 aromatic heterocycles. The van der Waals surface area contributed by atoms with E-state index in [9.17, 15) is 9.59 Å². The van der Waals surface area contributed by atoms with Crippen molar-refractivity contribution in [3.05, 3.63) is 59.7 Å². The minimum atomic E-state index is -0.176. The van der Waals surface area contributed by atoms with Crippen LogP contribution in [-0.4, -0.2) is 18.4 Å². The average Bonchev–Trinajstić information content (AvgIpc) is 2.62. The van der Waals surface area contributed by atoms with Crippen LogP contribution in [0.25, 0.3) is 0 Å². The van der Waals surface area contributed by atoms with Crippen LogP contribution in [0, 0.1) is 11.3 Å². The van der Waals surface area contributed by atoms with Crippen LogP contribution in [-0.2, 0) is 16.0 Å². The maximum Gasteiger partial charge on any atom is 0.226 e. The molecule has 5 nitrogen and oxygen atoms in total. The quantitative estimate of drug-likeness (QED) is 0.878. The lowest BCUT2D eigenvalue weighted by Crippen LogP contribution is -2.32. The van der Waals surface area contributed by atoms with Gasteiger partial charge in [-0.15, -0.1) is 0 Å². The van der Waals surface area contributed by atoms with Crippen molar-refractivity contribution in [2.75, 3.05) is 16.8 Å². The largest absolute Gasteiger partial charge is 0.326 e. The number of nitrogens with one attached hydrogen (secondary N) is 1. The molecular weight excluding hydrogens is 314 g/mol. The highest BCUT2D eigenvalue weighted by Gasteiger charge is 2.16. The normalized spacial score (nSPS) is 9.96. The predicted octanol–water partition coefficient (Wildman–Crippen LogP) is 3.50. The molecule has 2 rings (SSSR count). The fourth-order valence-electron chi connectivity index (χ4n) is 2.59. The van der Waals surface area contributed by atoms with E-state index in [1.54, 1.807) is 29.2 Å². The molecule has 0 aliphatic carbocycles. The van der Waals surface area contributed by atoms with Gasteiger partial charge in [0.05, 0.1) is 11.6 Å². The summed E-state index contributed by atoms with van der Waals surface area (Å²) in [6, 6.07) is 16.4. The number of nitrogens with zero attached hydrogens (tertiary/aromatic N) is 2. The number of carbonyl (C=O) groups is 2. The molecule has 1 N–H and O–H groups in total. The van der Waals surface area contributed by atoms with Crippen molar-refractivity contribution in [1.82, 2.24) is 0 Å². The van der Waals surface area contributed by atoms with Gasteiger partial charge in [-0.3, -0.25) is 9.59 Å². The number of hydrogen-bond acceptors (Lipinski definition) is 3. The predicted molar refractivity (Wildman–Crippen MR) is 98.3 cm³/mol. The summed E-state index contributed by atoms with van der Waals surface area (Å²) in [7, 11) is 0. The first-order chi connectivity index (χ1) is 12.0. The van der Waals surface area contributed by atoms with Gasteiger partial charge in [-0.2, -0.15) is 5.26 Å². The van der Waals surface area contributed by atoms with E-state index in [-0.39, 0.29) is 18.2 Å². The molecule has 0 saturated heterocycles. The molecule has 5 heteroatoms. The second-order valence-corrected chi connectivity index (χ2v) is 5.64. The molecule has 0 atom stereocenters. The maximum atomic E-state index is 12.2. The Labute approximate surface area is 147 Å². The third-order valence-electron chi connectivity index (χ3n) is 3.90. The fourth-order valence-corrected chi connectivity index (χ4v) is 2.59. The first kappa shape index (κ1) is 18.2. The van der Waals surface area contributed by atoms with Crippen molar-refractivity contribution in [3.8, 4) is 6.07 Å². The van der Waals surface area contributed by atoms with Crippen LogP contribution in [0.3, 0.4) is 0 Å². The standard InChI is InChI=1S/C20H21N3O2/c1-3-17-6-4-5-7-19(17)23(15(2)24)13-12-20(25)22-18-10-8-16(14-21)9-11-18/h4-11H,3,12-13H2,1-2H3,(H,22,25). The summed E-state index contributed by atoms with van der Waals surface area (Å²) in [5.41, 5.74) is 3.10. The number of anilines is 2. The molecule has 0 aliphatic heterocycles. The summed E-state index contributed by atoms with van der Waals surface area (Å²) in [6.45, 7) is 3.86. The van der Waals surface area contributed by atoms with E-state index in [1.807, 2.05) is 37.3 Å². The van der Waals surface area contributed by atoms with E-state index in [0.717, 1.165) is 17.7 Å². The van der Waals surface area contributed by atoms with Gasteiger partial charge in [0.1, 0.15) is 0 Å². The highest BCUT2D eigenvalue weighted by molar-refractivity contribution is 5.95. The SMILES string of the molecule is CCc1ccccc1N(CCC(=O)Nc1ccc(C#N)cc1)C(C)=O. The first-order valence-corrected chi connectivity index (χ1v) is 8.21. The topological polar surface area (TPSA) is 73.2 Å². The second kappa shape index (κ2) is 8.65. The Bertz CT molecular complexity index is 791. The molecule has 25 heavy (non-hydrogen) atoms. The van der Waals surface area contributed by atoms with Gasteiger partial charge >= 0.3 is 0 Å². The molecule has 0 unspecified atom stereocenters. The number of benzene rings is 2. The summed E-state index contributed by atoms with van der Waals surface area (Å²) in [6.07, 6.45) is 1.01. The average molecular weight is 335 g/mol. The molecule has 2 aromatic rings. The molecule has 0 fully saturated rings. The minimum Gasteiger partial charge on any atom is -0.326 e. The number of rotatable bonds is 6. The molecule has 0 saturated carbocycles. The number of aryl methyl sites for hydroxylation is 1. The van der Waals surface area contributed by atoms with Crippen molar-refractivity contribution in [1.29, 1.82) is 5.26 Å². The smallest absolute Gasteiger partial charge is 0.226 e. The van der Waals surface area contributed by atoms with E-state index in [4.69, 9.17) is 5.26 Å². The maximum absolute atomic E-state index is 12.2. The van der Waals surface area contributed by atoms with E-state index >= 15 is 0 Å². The van der Waals surface area contributed by atoms with Crippen LogP contribution in [0.1, 0.15) is 31.4 Å². The highest BCUT2D eigenvalue weighted by atomic mass is 16.2. The second-order valence-electron chi connectivity index (χ2n) is 5.64. The van der Waals surface area contributed by atoms with Gasteiger partial charge in [0.2, 0.25) is 11.8 Å². The molecule has 0 spiro atoms. The fraction of sp³-hybridized carbons (Fsp3) is 0.250. The minimum absolute atomic E-state index is 0.0907. The van der Waals surface area contributed by atoms with Crippen LogP contribution in [0.2, 0.25) is 0 Å². The third-order valence-corrected chi connectivity index (χ3v) is 3.90. The summed E-state index contributed by atoms with van der Waals surface area (Å²) in [4.78, 5) is 25.8. The van der Waals surface area contributed by atoms with Crippen LogP contribution >= 0.6 is 0 Å². The molecule has 128 valence electrons. The lowest BCUT2D eigenvalue weighted by Gasteiger charge is -2.23. The van der Waals surface area contributed by atoms with Gasteiger partial charge in [0, 0.05) is 31.3 Å². The van der Waals surface area contributed by atoms with Gasteiger partial charge < -0.3 is 10.2 Å². The Morgan fingerprint density at radius 2 is 1.80 bits per heavy atom. The number of para-hydroxylation sites is 1. The third kappa shape index (κ3) is 4.92. The number of nitriles is 1. The van der Waals surface area contributed by atoms with E-state index in [2.05, 4.69) is 5.32 Å². The zero-order chi connectivity index (χ0) is 18.2. The van der Waals surface area contributed by atoms with E-state index < -0.39 is 0 Å².